The van der Waals surface area contributed by atoms with Gasteiger partial charge in [0.1, 0.15) is 12.4 Å². The molecule has 1 fully saturated rings. The molecule has 0 unspecified atom stereocenters. The first kappa shape index (κ1) is 13.6. The third-order valence-corrected chi connectivity index (χ3v) is 3.53. The molecule has 1 aromatic rings. The van der Waals surface area contributed by atoms with Crippen molar-refractivity contribution < 1.29 is 9.53 Å². The van der Waals surface area contributed by atoms with Gasteiger partial charge >= 0.3 is 0 Å². The van der Waals surface area contributed by atoms with Crippen LogP contribution in [0.4, 0.5) is 0 Å². The number of carbonyl (C=O) groups excluding carboxylic acids is 1. The molecule has 0 aromatic heterocycles. The number of hydrogen-bond donors (Lipinski definition) is 1. The van der Waals surface area contributed by atoms with E-state index in [1.54, 1.807) is 12.1 Å². The number of benzene rings is 1. The summed E-state index contributed by atoms with van der Waals surface area (Å²) < 4.78 is 6.49. The number of piperazine rings is 1. The van der Waals surface area contributed by atoms with Crippen molar-refractivity contribution in [3.8, 4) is 5.75 Å². The maximum atomic E-state index is 11.2. The summed E-state index contributed by atoms with van der Waals surface area (Å²) in [6.45, 7) is 3.32. The lowest BCUT2D eigenvalue weighted by Gasteiger charge is -2.26. The number of ether oxygens (including phenoxy) is 1. The van der Waals surface area contributed by atoms with Crippen molar-refractivity contribution >= 4 is 33.4 Å². The predicted octanol–water partition coefficient (Wildman–Crippen LogP) is 1.91. The van der Waals surface area contributed by atoms with Crippen LogP contribution in [-0.4, -0.2) is 43.6 Å². The van der Waals surface area contributed by atoms with Crippen LogP contribution in [0, 0.1) is 0 Å². The molecular formula is C12H14BrClN2O2. The van der Waals surface area contributed by atoms with Gasteiger partial charge < -0.3 is 10.1 Å². The summed E-state index contributed by atoms with van der Waals surface area (Å²) in [6, 6.07) is 5.41. The van der Waals surface area contributed by atoms with Crippen LogP contribution >= 0.6 is 27.5 Å². The molecule has 0 radical (unpaired) electrons. The second kappa shape index (κ2) is 6.41. The number of halogens is 2. The molecule has 98 valence electrons. The minimum Gasteiger partial charge on any atom is -0.491 e. The summed E-state index contributed by atoms with van der Waals surface area (Å²) in [5.41, 5.74) is 0. The Hall–Kier alpha value is -0.780. The van der Waals surface area contributed by atoms with E-state index >= 15 is 0 Å². The van der Waals surface area contributed by atoms with E-state index in [4.69, 9.17) is 16.3 Å². The normalized spacial score (nSPS) is 16.4. The fraction of sp³-hybridized carbons (Fsp3) is 0.417. The summed E-state index contributed by atoms with van der Waals surface area (Å²) >= 11 is 9.25. The Bertz CT molecular complexity index is 442. The lowest BCUT2D eigenvalue weighted by Crippen LogP contribution is -2.48. The zero-order valence-electron chi connectivity index (χ0n) is 9.79. The first-order chi connectivity index (χ1) is 8.65. The number of carbonyl (C=O) groups is 1. The molecule has 1 N–H and O–H groups in total. The highest BCUT2D eigenvalue weighted by Gasteiger charge is 2.15. The Kier molecular flexibility index (Phi) is 4.86. The largest absolute Gasteiger partial charge is 0.491 e. The van der Waals surface area contributed by atoms with Crippen LogP contribution in [0.3, 0.4) is 0 Å². The summed E-state index contributed by atoms with van der Waals surface area (Å²) in [7, 11) is 0. The van der Waals surface area contributed by atoms with Gasteiger partial charge in [0.15, 0.2) is 0 Å². The Morgan fingerprint density at radius 2 is 2.33 bits per heavy atom. The summed E-state index contributed by atoms with van der Waals surface area (Å²) in [5, 5.41) is 3.46. The molecule has 0 bridgehead atoms. The molecule has 1 aliphatic rings. The van der Waals surface area contributed by atoms with Crippen LogP contribution in [-0.2, 0) is 4.79 Å². The maximum absolute atomic E-state index is 11.2. The summed E-state index contributed by atoms with van der Waals surface area (Å²) in [5.74, 6) is 0.842. The van der Waals surface area contributed by atoms with Crippen molar-refractivity contribution in [2.45, 2.75) is 0 Å². The molecule has 1 amide bonds. The first-order valence-electron chi connectivity index (χ1n) is 5.72. The Morgan fingerprint density at radius 1 is 1.50 bits per heavy atom. The third-order valence-electron chi connectivity index (χ3n) is 2.68. The van der Waals surface area contributed by atoms with Gasteiger partial charge in [0, 0.05) is 24.7 Å². The molecule has 2 rings (SSSR count). The molecule has 1 saturated heterocycles. The highest BCUT2D eigenvalue weighted by Crippen LogP contribution is 2.27. The van der Waals surface area contributed by atoms with Gasteiger partial charge in [-0.1, -0.05) is 11.6 Å². The number of rotatable bonds is 4. The minimum atomic E-state index is 0.0777. The lowest BCUT2D eigenvalue weighted by atomic mass is 10.3. The van der Waals surface area contributed by atoms with Crippen LogP contribution in [0.5, 0.6) is 5.75 Å². The number of hydrogen-bond acceptors (Lipinski definition) is 3. The fourth-order valence-electron chi connectivity index (χ4n) is 1.76. The zero-order valence-corrected chi connectivity index (χ0v) is 12.1. The SMILES string of the molecule is O=C1CN(CCOc2ccc(Cl)cc2Br)CCN1. The highest BCUT2D eigenvalue weighted by molar-refractivity contribution is 9.10. The van der Waals surface area contributed by atoms with Crippen LogP contribution in [0.2, 0.25) is 5.02 Å². The molecule has 1 heterocycles. The highest BCUT2D eigenvalue weighted by atomic mass is 79.9. The van der Waals surface area contributed by atoms with Crippen molar-refractivity contribution in [2.75, 3.05) is 32.8 Å². The molecule has 0 aliphatic carbocycles. The molecule has 0 spiro atoms. The fourth-order valence-corrected chi connectivity index (χ4v) is 2.56. The Balaban J connectivity index is 1.79. The van der Waals surface area contributed by atoms with E-state index in [0.717, 1.165) is 23.3 Å². The smallest absolute Gasteiger partial charge is 0.234 e. The second-order valence-electron chi connectivity index (χ2n) is 4.05. The van der Waals surface area contributed by atoms with Crippen molar-refractivity contribution in [3.63, 3.8) is 0 Å². The molecule has 18 heavy (non-hydrogen) atoms. The predicted molar refractivity (Wildman–Crippen MR) is 74.1 cm³/mol. The standard InChI is InChI=1S/C12H14BrClN2O2/c13-10-7-9(14)1-2-11(10)18-6-5-16-4-3-15-12(17)8-16/h1-2,7H,3-6,8H2,(H,15,17). The third kappa shape index (κ3) is 3.86. The number of amides is 1. The van der Waals surface area contributed by atoms with Gasteiger partial charge in [0.25, 0.3) is 0 Å². The summed E-state index contributed by atoms with van der Waals surface area (Å²) in [4.78, 5) is 13.3. The van der Waals surface area contributed by atoms with Crippen molar-refractivity contribution in [1.82, 2.24) is 10.2 Å². The molecule has 1 aliphatic heterocycles. The van der Waals surface area contributed by atoms with E-state index in [2.05, 4.69) is 26.1 Å². The first-order valence-corrected chi connectivity index (χ1v) is 6.89. The molecule has 1 aromatic carbocycles. The van der Waals surface area contributed by atoms with Crippen molar-refractivity contribution in [2.24, 2.45) is 0 Å². The molecule has 0 saturated carbocycles. The number of nitrogens with zero attached hydrogens (tertiary/aromatic N) is 1. The van der Waals surface area contributed by atoms with Crippen molar-refractivity contribution in [3.05, 3.63) is 27.7 Å². The molecule has 4 nitrogen and oxygen atoms in total. The Morgan fingerprint density at radius 3 is 3.06 bits per heavy atom. The Labute approximate surface area is 119 Å². The molecule has 6 heteroatoms. The van der Waals surface area contributed by atoms with Gasteiger partial charge in [-0.25, -0.2) is 0 Å². The van der Waals surface area contributed by atoms with E-state index < -0.39 is 0 Å². The minimum absolute atomic E-state index is 0.0777. The molecule has 0 atom stereocenters. The average Bonchev–Trinajstić information content (AvgIpc) is 2.32. The average molecular weight is 334 g/mol. The lowest BCUT2D eigenvalue weighted by molar-refractivity contribution is -0.124. The van der Waals surface area contributed by atoms with Gasteiger partial charge in [-0.2, -0.15) is 0 Å². The van der Waals surface area contributed by atoms with Crippen molar-refractivity contribution in [1.29, 1.82) is 0 Å². The maximum Gasteiger partial charge on any atom is 0.234 e. The molecular weight excluding hydrogens is 320 g/mol. The van der Waals surface area contributed by atoms with E-state index in [1.807, 2.05) is 6.07 Å². The van der Waals surface area contributed by atoms with E-state index in [-0.39, 0.29) is 5.91 Å². The van der Waals surface area contributed by atoms with Gasteiger partial charge in [0.2, 0.25) is 5.91 Å². The topological polar surface area (TPSA) is 41.6 Å². The quantitative estimate of drug-likeness (QED) is 0.915. The van der Waals surface area contributed by atoms with E-state index in [9.17, 15) is 4.79 Å². The van der Waals surface area contributed by atoms with Crippen LogP contribution < -0.4 is 10.1 Å². The van der Waals surface area contributed by atoms with Crippen LogP contribution in [0.15, 0.2) is 22.7 Å². The van der Waals surface area contributed by atoms with Gasteiger partial charge in [-0.3, -0.25) is 9.69 Å². The second-order valence-corrected chi connectivity index (χ2v) is 5.34. The van der Waals surface area contributed by atoms with Gasteiger partial charge in [-0.15, -0.1) is 0 Å². The van der Waals surface area contributed by atoms with E-state index in [1.165, 1.54) is 0 Å². The van der Waals surface area contributed by atoms with E-state index in [0.29, 0.717) is 24.7 Å². The van der Waals surface area contributed by atoms with Gasteiger partial charge in [0.05, 0.1) is 11.0 Å². The van der Waals surface area contributed by atoms with Gasteiger partial charge in [-0.05, 0) is 34.1 Å². The number of nitrogens with one attached hydrogen (secondary N) is 1. The summed E-state index contributed by atoms with van der Waals surface area (Å²) in [6.07, 6.45) is 0. The van der Waals surface area contributed by atoms with Crippen LogP contribution in [0.25, 0.3) is 0 Å². The zero-order chi connectivity index (χ0) is 13.0. The monoisotopic (exact) mass is 332 g/mol. The van der Waals surface area contributed by atoms with Crippen LogP contribution in [0.1, 0.15) is 0 Å².